The lowest BCUT2D eigenvalue weighted by Gasteiger charge is -2.40. The van der Waals surface area contributed by atoms with E-state index in [4.69, 9.17) is 25.8 Å². The third-order valence-electron chi connectivity index (χ3n) is 5.85. The van der Waals surface area contributed by atoms with Crippen molar-refractivity contribution in [3.05, 3.63) is 57.8 Å². The van der Waals surface area contributed by atoms with E-state index in [2.05, 4.69) is 19.2 Å². The van der Waals surface area contributed by atoms with Crippen LogP contribution >= 0.6 is 11.6 Å². The van der Waals surface area contributed by atoms with Crippen molar-refractivity contribution >= 4 is 23.1 Å². The summed E-state index contributed by atoms with van der Waals surface area (Å²) in [5, 5.41) is 4.16. The number of allylic oxidation sites excluding steroid dienone is 2. The van der Waals surface area contributed by atoms with Gasteiger partial charge in [-0.05, 0) is 29.5 Å². The van der Waals surface area contributed by atoms with Gasteiger partial charge in [0.05, 0.1) is 27.0 Å². The average molecular weight is 428 g/mol. The molecule has 0 radical (unpaired) electrons. The molecule has 1 aliphatic heterocycles. The first-order valence-corrected chi connectivity index (χ1v) is 10.3. The molecular weight excluding hydrogens is 402 g/mol. The summed E-state index contributed by atoms with van der Waals surface area (Å²) in [6, 6.07) is 9.55. The van der Waals surface area contributed by atoms with E-state index < -0.39 is 0 Å². The molecule has 1 aliphatic carbocycles. The number of rotatable bonds is 4. The van der Waals surface area contributed by atoms with Crippen LogP contribution in [0, 0.1) is 5.41 Å². The molecular formula is C24H26ClNO4. The van der Waals surface area contributed by atoms with Crippen molar-refractivity contribution in [2.75, 3.05) is 26.6 Å². The average Bonchev–Trinajstić information content (AvgIpc) is 2.70. The van der Waals surface area contributed by atoms with Gasteiger partial charge in [-0.3, -0.25) is 4.79 Å². The number of carbonyl (C=O) groups excluding carboxylic acids is 1. The van der Waals surface area contributed by atoms with E-state index in [1.54, 1.807) is 21.3 Å². The predicted molar refractivity (Wildman–Crippen MR) is 118 cm³/mol. The van der Waals surface area contributed by atoms with Crippen LogP contribution in [0.4, 0.5) is 5.69 Å². The highest BCUT2D eigenvalue weighted by Crippen LogP contribution is 2.55. The van der Waals surface area contributed by atoms with E-state index in [-0.39, 0.29) is 17.1 Å². The van der Waals surface area contributed by atoms with E-state index in [1.165, 1.54) is 0 Å². The van der Waals surface area contributed by atoms with Gasteiger partial charge in [-0.25, -0.2) is 0 Å². The van der Waals surface area contributed by atoms with E-state index in [0.29, 0.717) is 28.7 Å². The number of Topliss-reactive ketones (excluding diaryl/α,β-unsaturated/α-hetero) is 1. The first-order valence-electron chi connectivity index (χ1n) is 9.91. The largest absolute Gasteiger partial charge is 0.493 e. The number of hydrogen-bond donors (Lipinski definition) is 1. The number of ketones is 1. The number of benzene rings is 2. The van der Waals surface area contributed by atoms with Crippen molar-refractivity contribution in [2.45, 2.75) is 32.6 Å². The molecule has 5 nitrogen and oxygen atoms in total. The monoisotopic (exact) mass is 427 g/mol. The van der Waals surface area contributed by atoms with Gasteiger partial charge < -0.3 is 19.5 Å². The van der Waals surface area contributed by atoms with Crippen LogP contribution in [0.2, 0.25) is 5.02 Å². The smallest absolute Gasteiger partial charge is 0.203 e. The molecule has 0 unspecified atom stereocenters. The number of methoxy groups -OCH3 is 3. The maximum absolute atomic E-state index is 13.4. The highest BCUT2D eigenvalue weighted by Gasteiger charge is 2.43. The Hall–Kier alpha value is -2.66. The third-order valence-corrected chi connectivity index (χ3v) is 6.11. The van der Waals surface area contributed by atoms with E-state index in [0.717, 1.165) is 34.5 Å². The molecule has 30 heavy (non-hydrogen) atoms. The molecule has 2 aromatic rings. The number of ether oxygens (including phenoxy) is 3. The van der Waals surface area contributed by atoms with Crippen molar-refractivity contribution in [1.82, 2.24) is 0 Å². The molecule has 1 N–H and O–H groups in total. The van der Waals surface area contributed by atoms with Gasteiger partial charge in [-0.2, -0.15) is 0 Å². The zero-order chi connectivity index (χ0) is 21.6. The van der Waals surface area contributed by atoms with Crippen LogP contribution in [0.5, 0.6) is 17.2 Å². The van der Waals surface area contributed by atoms with Crippen molar-refractivity contribution < 1.29 is 19.0 Å². The Kier molecular flexibility index (Phi) is 5.18. The second-order valence-electron chi connectivity index (χ2n) is 8.55. The van der Waals surface area contributed by atoms with E-state index in [1.807, 2.05) is 30.3 Å². The van der Waals surface area contributed by atoms with Gasteiger partial charge in [0.1, 0.15) is 0 Å². The van der Waals surface area contributed by atoms with Crippen molar-refractivity contribution in [3.8, 4) is 17.2 Å². The van der Waals surface area contributed by atoms with E-state index >= 15 is 0 Å². The Morgan fingerprint density at radius 3 is 2.27 bits per heavy atom. The molecule has 1 heterocycles. The Bertz CT molecular complexity index is 1040. The minimum atomic E-state index is -0.285. The zero-order valence-electron chi connectivity index (χ0n) is 17.9. The number of halogens is 1. The molecule has 6 heteroatoms. The summed E-state index contributed by atoms with van der Waals surface area (Å²) in [7, 11) is 4.78. The first-order chi connectivity index (χ1) is 14.3. The van der Waals surface area contributed by atoms with Gasteiger partial charge in [0.25, 0.3) is 0 Å². The van der Waals surface area contributed by atoms with Crippen LogP contribution in [-0.2, 0) is 4.79 Å². The van der Waals surface area contributed by atoms with Crippen LogP contribution in [0.1, 0.15) is 43.7 Å². The van der Waals surface area contributed by atoms with Crippen LogP contribution in [0.25, 0.3) is 0 Å². The summed E-state index contributed by atoms with van der Waals surface area (Å²) in [4.78, 5) is 13.4. The fourth-order valence-corrected chi connectivity index (χ4v) is 4.77. The summed E-state index contributed by atoms with van der Waals surface area (Å²) in [5.74, 6) is 1.50. The van der Waals surface area contributed by atoms with Crippen molar-refractivity contribution in [1.29, 1.82) is 0 Å². The van der Waals surface area contributed by atoms with Gasteiger partial charge in [-0.1, -0.05) is 37.6 Å². The van der Waals surface area contributed by atoms with Gasteiger partial charge in [-0.15, -0.1) is 0 Å². The molecule has 0 saturated heterocycles. The van der Waals surface area contributed by atoms with Crippen LogP contribution in [0.15, 0.2) is 41.6 Å². The molecule has 4 rings (SSSR count). The summed E-state index contributed by atoms with van der Waals surface area (Å²) >= 11 is 6.15. The number of anilines is 1. The third kappa shape index (κ3) is 3.31. The number of fused-ring (bicyclic) bond motifs is 1. The minimum Gasteiger partial charge on any atom is -0.493 e. The van der Waals surface area contributed by atoms with Crippen LogP contribution in [-0.4, -0.2) is 27.1 Å². The summed E-state index contributed by atoms with van der Waals surface area (Å²) < 4.78 is 17.0. The molecule has 0 bridgehead atoms. The van der Waals surface area contributed by atoms with Gasteiger partial charge >= 0.3 is 0 Å². The fourth-order valence-electron chi connectivity index (χ4n) is 4.65. The molecule has 0 amide bonds. The quantitative estimate of drug-likeness (QED) is 0.691. The molecule has 158 valence electrons. The Morgan fingerprint density at radius 1 is 1.00 bits per heavy atom. The maximum Gasteiger partial charge on any atom is 0.203 e. The molecule has 0 spiro atoms. The molecule has 0 aromatic heterocycles. The van der Waals surface area contributed by atoms with Crippen LogP contribution < -0.4 is 19.5 Å². The highest BCUT2D eigenvalue weighted by molar-refractivity contribution is 6.30. The second-order valence-corrected chi connectivity index (χ2v) is 8.99. The minimum absolute atomic E-state index is 0.106. The molecule has 1 atom stereocenters. The van der Waals surface area contributed by atoms with Crippen molar-refractivity contribution in [2.24, 2.45) is 5.41 Å². The second kappa shape index (κ2) is 7.55. The summed E-state index contributed by atoms with van der Waals surface area (Å²) in [6.07, 6.45) is 1.29. The van der Waals surface area contributed by atoms with Crippen LogP contribution in [0.3, 0.4) is 0 Å². The molecule has 2 aromatic carbocycles. The van der Waals surface area contributed by atoms with E-state index in [9.17, 15) is 4.79 Å². The Labute approximate surface area is 182 Å². The van der Waals surface area contributed by atoms with Crippen molar-refractivity contribution in [3.63, 3.8) is 0 Å². The first kappa shape index (κ1) is 20.6. The van der Waals surface area contributed by atoms with Gasteiger partial charge in [0.15, 0.2) is 17.3 Å². The summed E-state index contributed by atoms with van der Waals surface area (Å²) in [6.45, 7) is 4.25. The molecule has 0 fully saturated rings. The Morgan fingerprint density at radius 2 is 1.67 bits per heavy atom. The molecule has 0 saturated carbocycles. The maximum atomic E-state index is 13.4. The lowest BCUT2D eigenvalue weighted by atomic mass is 9.68. The summed E-state index contributed by atoms with van der Waals surface area (Å²) in [5.41, 5.74) is 4.34. The van der Waals surface area contributed by atoms with Gasteiger partial charge in [0, 0.05) is 40.3 Å². The zero-order valence-corrected chi connectivity index (χ0v) is 18.6. The molecule has 2 aliphatic rings. The predicted octanol–water partition coefficient (Wildman–Crippen LogP) is 5.57. The topological polar surface area (TPSA) is 56.8 Å². The Balaban J connectivity index is 2.03. The lowest BCUT2D eigenvalue weighted by Crippen LogP contribution is -2.34. The number of hydrogen-bond acceptors (Lipinski definition) is 5. The number of carbonyl (C=O) groups is 1. The highest BCUT2D eigenvalue weighted by atomic mass is 35.5. The lowest BCUT2D eigenvalue weighted by molar-refractivity contribution is -0.118. The standard InChI is InChI=1S/C24H26ClNO4/c1-24(2)11-16-20(17(27)12-24)19(13-6-8-14(25)9-7-13)21-15(26-16)10-18(28-3)22(29-4)23(21)30-5/h6-10,19,26H,11-12H2,1-5H3/t19-/m1/s1. The number of nitrogens with one attached hydrogen (secondary N) is 1. The SMILES string of the molecule is COc1cc2c(c(OC)c1OC)[C@H](c1ccc(Cl)cc1)C1=C(CC(C)(C)CC1=O)N2. The fraction of sp³-hybridized carbons (Fsp3) is 0.375. The normalized spacial score (nSPS) is 19.5. The van der Waals surface area contributed by atoms with Gasteiger partial charge in [0.2, 0.25) is 5.75 Å².